The summed E-state index contributed by atoms with van der Waals surface area (Å²) in [5, 5.41) is 2.79. The van der Waals surface area contributed by atoms with Gasteiger partial charge >= 0.3 is 5.97 Å². The number of anilines is 1. The topological polar surface area (TPSA) is 88.3 Å². The monoisotopic (exact) mass is 420 g/mol. The second-order valence-electron chi connectivity index (χ2n) is 6.92. The number of esters is 1. The Morgan fingerprint density at radius 3 is 2.27 bits per heavy atom. The molecule has 1 aromatic heterocycles. The van der Waals surface area contributed by atoms with Crippen LogP contribution in [0.4, 0.5) is 5.69 Å². The summed E-state index contributed by atoms with van der Waals surface area (Å²) in [5.74, 6) is -1.04. The third kappa shape index (κ3) is 5.05. The minimum absolute atomic E-state index is 0.115. The van der Waals surface area contributed by atoms with Crippen LogP contribution in [0.3, 0.4) is 0 Å². The number of carbonyl (C=O) groups excluding carboxylic acids is 3. The van der Waals surface area contributed by atoms with Crippen LogP contribution in [-0.4, -0.2) is 28.7 Å². The molecule has 0 spiro atoms. The summed E-state index contributed by atoms with van der Waals surface area (Å²) in [5.41, 5.74) is 0.746. The maximum Gasteiger partial charge on any atom is 0.355 e. The standard InChI is InChI=1S/C19H21BrN2O4/c1-11(26-17(24)15-9-13(20)10-21-15)16(23)12-5-7-14(8-6-12)22-18(25)19(2,3)4/h5-11,21H,1-4H3,(H,22,25). The van der Waals surface area contributed by atoms with E-state index in [1.54, 1.807) is 36.5 Å². The normalized spacial score (nSPS) is 12.3. The molecule has 138 valence electrons. The number of Topliss-reactive ketones (excluding diaryl/α,β-unsaturated/α-hetero) is 1. The number of H-pyrrole nitrogens is 1. The number of rotatable bonds is 5. The zero-order valence-electron chi connectivity index (χ0n) is 15.1. The first-order valence-electron chi connectivity index (χ1n) is 8.08. The van der Waals surface area contributed by atoms with Gasteiger partial charge in [-0.25, -0.2) is 4.79 Å². The molecule has 0 aliphatic heterocycles. The highest BCUT2D eigenvalue weighted by molar-refractivity contribution is 9.10. The molecular formula is C19H21BrN2O4. The largest absolute Gasteiger partial charge is 0.450 e. The van der Waals surface area contributed by atoms with Crippen LogP contribution < -0.4 is 5.32 Å². The van der Waals surface area contributed by atoms with Crippen LogP contribution in [0.15, 0.2) is 41.0 Å². The second-order valence-corrected chi connectivity index (χ2v) is 7.84. The molecule has 6 nitrogen and oxygen atoms in total. The van der Waals surface area contributed by atoms with Crippen LogP contribution in [0.25, 0.3) is 0 Å². The minimum atomic E-state index is -0.931. The number of ether oxygens (including phenoxy) is 1. The first-order valence-corrected chi connectivity index (χ1v) is 8.88. The zero-order chi connectivity index (χ0) is 19.5. The van der Waals surface area contributed by atoms with Crippen molar-refractivity contribution in [3.8, 4) is 0 Å². The van der Waals surface area contributed by atoms with Gasteiger partial charge in [0.25, 0.3) is 0 Å². The van der Waals surface area contributed by atoms with E-state index in [-0.39, 0.29) is 17.4 Å². The van der Waals surface area contributed by atoms with Crippen molar-refractivity contribution in [2.75, 3.05) is 5.32 Å². The van der Waals surface area contributed by atoms with E-state index in [0.717, 1.165) is 4.47 Å². The molecule has 0 aliphatic rings. The van der Waals surface area contributed by atoms with Crippen LogP contribution >= 0.6 is 15.9 Å². The number of carbonyl (C=O) groups is 3. The van der Waals surface area contributed by atoms with Crippen LogP contribution in [0.2, 0.25) is 0 Å². The summed E-state index contributed by atoms with van der Waals surface area (Å²) in [7, 11) is 0. The van der Waals surface area contributed by atoms with Crippen molar-refractivity contribution in [3.05, 3.63) is 52.3 Å². The highest BCUT2D eigenvalue weighted by Gasteiger charge is 2.23. The molecule has 7 heteroatoms. The summed E-state index contributed by atoms with van der Waals surface area (Å²) < 4.78 is 5.91. The Balaban J connectivity index is 2.00. The molecule has 26 heavy (non-hydrogen) atoms. The summed E-state index contributed by atoms with van der Waals surface area (Å²) in [6, 6.07) is 8.06. The lowest BCUT2D eigenvalue weighted by atomic mass is 9.95. The number of benzene rings is 1. The van der Waals surface area contributed by atoms with Crippen molar-refractivity contribution in [1.82, 2.24) is 4.98 Å². The third-order valence-electron chi connectivity index (χ3n) is 3.63. The van der Waals surface area contributed by atoms with Gasteiger partial charge < -0.3 is 15.0 Å². The molecule has 0 aliphatic carbocycles. The number of aromatic amines is 1. The molecule has 0 fully saturated rings. The van der Waals surface area contributed by atoms with E-state index in [9.17, 15) is 14.4 Å². The van der Waals surface area contributed by atoms with E-state index < -0.39 is 17.5 Å². The minimum Gasteiger partial charge on any atom is -0.450 e. The molecule has 2 N–H and O–H groups in total. The molecule has 1 heterocycles. The second kappa shape index (κ2) is 7.86. The Labute approximate surface area is 160 Å². The summed E-state index contributed by atoms with van der Waals surface area (Å²) in [4.78, 5) is 39.2. The number of halogens is 1. The van der Waals surface area contributed by atoms with Gasteiger partial charge in [0.05, 0.1) is 0 Å². The fourth-order valence-corrected chi connectivity index (χ4v) is 2.38. The number of hydrogen-bond acceptors (Lipinski definition) is 4. The average molecular weight is 421 g/mol. The molecule has 1 aromatic carbocycles. The Bertz CT molecular complexity index is 819. The third-order valence-corrected chi connectivity index (χ3v) is 4.09. The first-order chi connectivity index (χ1) is 12.1. The number of ketones is 1. The first kappa shape index (κ1) is 19.9. The van der Waals surface area contributed by atoms with Crippen LogP contribution in [0.1, 0.15) is 48.5 Å². The maximum absolute atomic E-state index is 12.4. The predicted octanol–water partition coefficient (Wildman–Crippen LogP) is 4.19. The quantitative estimate of drug-likeness (QED) is 0.560. The number of nitrogens with one attached hydrogen (secondary N) is 2. The van der Waals surface area contributed by atoms with Gasteiger partial charge in [-0.2, -0.15) is 0 Å². The van der Waals surface area contributed by atoms with Crippen molar-refractivity contribution in [3.63, 3.8) is 0 Å². The molecule has 2 aromatic rings. The summed E-state index contributed by atoms with van der Waals surface area (Å²) >= 11 is 3.23. The molecule has 1 amide bonds. The fraction of sp³-hybridized carbons (Fsp3) is 0.316. The molecular weight excluding hydrogens is 400 g/mol. The number of hydrogen-bond donors (Lipinski definition) is 2. The highest BCUT2D eigenvalue weighted by atomic mass is 79.9. The van der Waals surface area contributed by atoms with Gasteiger partial charge in [-0.15, -0.1) is 0 Å². The molecule has 0 saturated carbocycles. The molecule has 2 rings (SSSR count). The Kier molecular flexibility index (Phi) is 6.02. The van der Waals surface area contributed by atoms with Crippen LogP contribution in [-0.2, 0) is 9.53 Å². The van der Waals surface area contributed by atoms with Crippen molar-refractivity contribution < 1.29 is 19.1 Å². The smallest absolute Gasteiger partial charge is 0.355 e. The number of aromatic nitrogens is 1. The van der Waals surface area contributed by atoms with Crippen LogP contribution in [0.5, 0.6) is 0 Å². The van der Waals surface area contributed by atoms with Gasteiger partial charge in [-0.1, -0.05) is 20.8 Å². The van der Waals surface area contributed by atoms with Crippen LogP contribution in [0, 0.1) is 5.41 Å². The number of amides is 1. The summed E-state index contributed by atoms with van der Waals surface area (Å²) in [6.07, 6.45) is 0.674. The van der Waals surface area contributed by atoms with E-state index >= 15 is 0 Å². The maximum atomic E-state index is 12.4. The van der Waals surface area contributed by atoms with E-state index in [4.69, 9.17) is 4.74 Å². The van der Waals surface area contributed by atoms with E-state index in [0.29, 0.717) is 11.3 Å². The van der Waals surface area contributed by atoms with Gasteiger partial charge in [0.2, 0.25) is 11.7 Å². The molecule has 0 saturated heterocycles. The van der Waals surface area contributed by atoms with Crippen molar-refractivity contribution in [2.45, 2.75) is 33.8 Å². The summed E-state index contributed by atoms with van der Waals surface area (Å²) in [6.45, 7) is 6.98. The van der Waals surface area contributed by atoms with Gasteiger partial charge in [-0.3, -0.25) is 9.59 Å². The van der Waals surface area contributed by atoms with Gasteiger partial charge in [0.1, 0.15) is 5.69 Å². The SMILES string of the molecule is CC(OC(=O)c1cc(Br)c[nH]1)C(=O)c1ccc(NC(=O)C(C)(C)C)cc1. The van der Waals surface area contributed by atoms with Crippen molar-refractivity contribution in [1.29, 1.82) is 0 Å². The highest BCUT2D eigenvalue weighted by Crippen LogP contribution is 2.19. The molecule has 1 atom stereocenters. The van der Waals surface area contributed by atoms with Gasteiger partial charge in [0.15, 0.2) is 6.10 Å². The van der Waals surface area contributed by atoms with E-state index in [1.165, 1.54) is 6.92 Å². The van der Waals surface area contributed by atoms with Crippen molar-refractivity contribution >= 4 is 39.3 Å². The van der Waals surface area contributed by atoms with Gasteiger partial charge in [-0.05, 0) is 53.2 Å². The fourth-order valence-electron chi connectivity index (χ4n) is 2.03. The average Bonchev–Trinajstić information content (AvgIpc) is 3.00. The van der Waals surface area contributed by atoms with Crippen molar-refractivity contribution in [2.24, 2.45) is 5.41 Å². The predicted molar refractivity (Wildman–Crippen MR) is 102 cm³/mol. The van der Waals surface area contributed by atoms with Gasteiger partial charge in [0, 0.05) is 27.3 Å². The lowest BCUT2D eigenvalue weighted by Gasteiger charge is -2.18. The molecule has 0 radical (unpaired) electrons. The Morgan fingerprint density at radius 1 is 1.15 bits per heavy atom. The lowest BCUT2D eigenvalue weighted by Crippen LogP contribution is -2.27. The van der Waals surface area contributed by atoms with E-state index in [2.05, 4.69) is 26.2 Å². The lowest BCUT2D eigenvalue weighted by molar-refractivity contribution is -0.123. The Hall–Kier alpha value is -2.41. The zero-order valence-corrected chi connectivity index (χ0v) is 16.6. The van der Waals surface area contributed by atoms with E-state index in [1.807, 2.05) is 20.8 Å². The molecule has 0 bridgehead atoms. The Morgan fingerprint density at radius 2 is 1.77 bits per heavy atom. The molecule has 1 unspecified atom stereocenters.